The summed E-state index contributed by atoms with van der Waals surface area (Å²) in [5, 5.41) is 1.27. The average molecular weight is 393 g/mol. The standard InChI is InChI=1S/C23H18Cl2N2/c1-17-12-13-20(24)21(22(17)25)23(27-15-14-26-16-27,18-8-4-2-5-9-18)19-10-6-3-7-11-19/h2-16H,1H3. The zero-order valence-electron chi connectivity index (χ0n) is 14.8. The van der Waals surface area contributed by atoms with Crippen molar-refractivity contribution in [1.29, 1.82) is 0 Å². The Morgan fingerprint density at radius 2 is 1.41 bits per heavy atom. The fourth-order valence-electron chi connectivity index (χ4n) is 3.69. The van der Waals surface area contributed by atoms with Crippen LogP contribution in [0, 0.1) is 6.92 Å². The van der Waals surface area contributed by atoms with E-state index in [4.69, 9.17) is 23.2 Å². The minimum Gasteiger partial charge on any atom is -0.319 e. The second-order valence-corrected chi connectivity index (χ2v) is 7.25. The molecule has 4 rings (SSSR count). The van der Waals surface area contributed by atoms with Gasteiger partial charge >= 0.3 is 0 Å². The summed E-state index contributed by atoms with van der Waals surface area (Å²) < 4.78 is 2.07. The molecule has 4 heteroatoms. The summed E-state index contributed by atoms with van der Waals surface area (Å²) >= 11 is 13.7. The Labute approximate surface area is 169 Å². The maximum atomic E-state index is 6.88. The molecule has 0 spiro atoms. The van der Waals surface area contributed by atoms with Gasteiger partial charge in [-0.05, 0) is 29.7 Å². The third-order valence-corrected chi connectivity index (χ3v) is 5.72. The van der Waals surface area contributed by atoms with Gasteiger partial charge in [0.05, 0.1) is 11.3 Å². The third-order valence-electron chi connectivity index (χ3n) is 4.92. The Bertz CT molecular complexity index is 1000. The molecule has 0 fully saturated rings. The Morgan fingerprint density at radius 1 is 0.815 bits per heavy atom. The molecule has 2 nitrogen and oxygen atoms in total. The third kappa shape index (κ3) is 2.86. The Hall–Kier alpha value is -2.55. The second kappa shape index (κ2) is 7.22. The van der Waals surface area contributed by atoms with Crippen LogP contribution in [0.15, 0.2) is 91.5 Å². The van der Waals surface area contributed by atoms with E-state index >= 15 is 0 Å². The van der Waals surface area contributed by atoms with Gasteiger partial charge in [-0.2, -0.15) is 0 Å². The molecule has 0 bridgehead atoms. The van der Waals surface area contributed by atoms with Crippen LogP contribution in [-0.4, -0.2) is 9.55 Å². The predicted molar refractivity (Wildman–Crippen MR) is 112 cm³/mol. The van der Waals surface area contributed by atoms with Gasteiger partial charge in [-0.25, -0.2) is 4.98 Å². The molecular formula is C23H18Cl2N2. The van der Waals surface area contributed by atoms with Gasteiger partial charge in [0.1, 0.15) is 5.54 Å². The topological polar surface area (TPSA) is 17.8 Å². The Balaban J connectivity index is 2.22. The van der Waals surface area contributed by atoms with Crippen LogP contribution in [-0.2, 0) is 5.54 Å². The van der Waals surface area contributed by atoms with E-state index in [1.54, 1.807) is 6.20 Å². The summed E-state index contributed by atoms with van der Waals surface area (Å²) in [6.07, 6.45) is 5.54. The fraction of sp³-hybridized carbons (Fsp3) is 0.0870. The molecule has 0 radical (unpaired) electrons. The van der Waals surface area contributed by atoms with Crippen molar-refractivity contribution in [3.63, 3.8) is 0 Å². The van der Waals surface area contributed by atoms with Gasteiger partial charge in [0.15, 0.2) is 0 Å². The Kier molecular flexibility index (Phi) is 4.77. The zero-order chi connectivity index (χ0) is 18.9. The van der Waals surface area contributed by atoms with Gasteiger partial charge in [0.25, 0.3) is 0 Å². The van der Waals surface area contributed by atoms with Crippen molar-refractivity contribution in [1.82, 2.24) is 9.55 Å². The van der Waals surface area contributed by atoms with Crippen LogP contribution in [0.1, 0.15) is 22.3 Å². The number of imidazole rings is 1. The van der Waals surface area contributed by atoms with Crippen LogP contribution in [0.5, 0.6) is 0 Å². The van der Waals surface area contributed by atoms with Crippen molar-refractivity contribution in [2.24, 2.45) is 0 Å². The molecule has 0 saturated heterocycles. The first-order valence-electron chi connectivity index (χ1n) is 8.70. The largest absolute Gasteiger partial charge is 0.319 e. The Morgan fingerprint density at radius 3 is 1.93 bits per heavy atom. The summed E-state index contributed by atoms with van der Waals surface area (Å²) in [7, 11) is 0. The highest BCUT2D eigenvalue weighted by molar-refractivity contribution is 6.36. The van der Waals surface area contributed by atoms with Crippen molar-refractivity contribution in [2.75, 3.05) is 0 Å². The molecule has 27 heavy (non-hydrogen) atoms. The molecule has 0 unspecified atom stereocenters. The first-order chi connectivity index (χ1) is 13.2. The summed E-state index contributed by atoms with van der Waals surface area (Å²) in [4.78, 5) is 4.32. The van der Waals surface area contributed by atoms with E-state index in [0.29, 0.717) is 10.0 Å². The molecule has 0 aliphatic rings. The highest BCUT2D eigenvalue weighted by atomic mass is 35.5. The van der Waals surface area contributed by atoms with Crippen LogP contribution in [0.4, 0.5) is 0 Å². The lowest BCUT2D eigenvalue weighted by Crippen LogP contribution is -2.37. The molecule has 1 heterocycles. The molecule has 0 N–H and O–H groups in total. The number of hydrogen-bond donors (Lipinski definition) is 0. The molecule has 0 aliphatic heterocycles. The van der Waals surface area contributed by atoms with Gasteiger partial charge in [-0.15, -0.1) is 0 Å². The summed E-state index contributed by atoms with van der Waals surface area (Å²) in [6.45, 7) is 2.00. The van der Waals surface area contributed by atoms with Crippen molar-refractivity contribution in [3.8, 4) is 0 Å². The van der Waals surface area contributed by atoms with E-state index in [1.807, 2.05) is 68.0 Å². The van der Waals surface area contributed by atoms with Gasteiger partial charge in [-0.1, -0.05) is 89.9 Å². The van der Waals surface area contributed by atoms with Crippen molar-refractivity contribution < 1.29 is 0 Å². The molecule has 4 aromatic rings. The van der Waals surface area contributed by atoms with E-state index in [-0.39, 0.29) is 0 Å². The maximum absolute atomic E-state index is 6.88. The van der Waals surface area contributed by atoms with Gasteiger partial charge < -0.3 is 4.57 Å². The number of aromatic nitrogens is 2. The lowest BCUT2D eigenvalue weighted by Gasteiger charge is -2.38. The number of rotatable bonds is 4. The first kappa shape index (κ1) is 17.8. The maximum Gasteiger partial charge on any atom is 0.124 e. The molecule has 134 valence electrons. The lowest BCUT2D eigenvalue weighted by atomic mass is 9.76. The van der Waals surface area contributed by atoms with Crippen molar-refractivity contribution >= 4 is 23.2 Å². The minimum atomic E-state index is -0.737. The van der Waals surface area contributed by atoms with E-state index in [2.05, 4.69) is 33.8 Å². The number of nitrogens with zero attached hydrogens (tertiary/aromatic N) is 2. The molecule has 1 aromatic heterocycles. The predicted octanol–water partition coefficient (Wildman–Crippen LogP) is 6.34. The summed E-state index contributed by atoms with van der Waals surface area (Å²) in [5.41, 5.74) is 3.21. The monoisotopic (exact) mass is 392 g/mol. The number of hydrogen-bond acceptors (Lipinski definition) is 1. The average Bonchev–Trinajstić information content (AvgIpc) is 3.25. The van der Waals surface area contributed by atoms with Crippen molar-refractivity contribution in [2.45, 2.75) is 12.5 Å². The van der Waals surface area contributed by atoms with Crippen LogP contribution in [0.2, 0.25) is 10.0 Å². The van der Waals surface area contributed by atoms with E-state index in [1.165, 1.54) is 0 Å². The highest BCUT2D eigenvalue weighted by Crippen LogP contribution is 2.47. The normalized spacial score (nSPS) is 11.5. The quantitative estimate of drug-likeness (QED) is 0.370. The van der Waals surface area contributed by atoms with Crippen LogP contribution in [0.25, 0.3) is 0 Å². The van der Waals surface area contributed by atoms with E-state index in [9.17, 15) is 0 Å². The van der Waals surface area contributed by atoms with Gasteiger partial charge in [0, 0.05) is 23.0 Å². The summed E-state index contributed by atoms with van der Waals surface area (Å²) in [5.74, 6) is 0. The lowest BCUT2D eigenvalue weighted by molar-refractivity contribution is 0.514. The van der Waals surface area contributed by atoms with Gasteiger partial charge in [0.2, 0.25) is 0 Å². The highest BCUT2D eigenvalue weighted by Gasteiger charge is 2.41. The van der Waals surface area contributed by atoms with E-state index < -0.39 is 5.54 Å². The van der Waals surface area contributed by atoms with E-state index in [0.717, 1.165) is 22.3 Å². The molecule has 0 amide bonds. The SMILES string of the molecule is Cc1ccc(Cl)c(C(c2ccccc2)(c2ccccc2)n2ccnc2)c1Cl. The van der Waals surface area contributed by atoms with Gasteiger partial charge in [-0.3, -0.25) is 0 Å². The smallest absolute Gasteiger partial charge is 0.124 e. The first-order valence-corrected chi connectivity index (χ1v) is 9.46. The number of halogens is 2. The second-order valence-electron chi connectivity index (χ2n) is 6.47. The minimum absolute atomic E-state index is 0.618. The molecular weight excluding hydrogens is 375 g/mol. The van der Waals surface area contributed by atoms with Crippen LogP contribution >= 0.6 is 23.2 Å². The summed E-state index contributed by atoms with van der Waals surface area (Å²) in [6, 6.07) is 24.4. The number of aryl methyl sites for hydroxylation is 1. The van der Waals surface area contributed by atoms with Crippen LogP contribution < -0.4 is 0 Å². The molecule has 0 saturated carbocycles. The van der Waals surface area contributed by atoms with Crippen LogP contribution in [0.3, 0.4) is 0 Å². The zero-order valence-corrected chi connectivity index (χ0v) is 16.3. The van der Waals surface area contributed by atoms with Crippen molar-refractivity contribution in [3.05, 3.63) is 124 Å². The number of benzene rings is 3. The molecule has 0 atom stereocenters. The molecule has 3 aromatic carbocycles. The molecule has 0 aliphatic carbocycles. The fourth-order valence-corrected chi connectivity index (χ4v) is 4.33.